The van der Waals surface area contributed by atoms with Gasteiger partial charge < -0.3 is 31.4 Å². The number of rotatable bonds is 10. The number of nitrogens with two attached hydrogens (primary N) is 1. The van der Waals surface area contributed by atoms with Crippen LogP contribution in [0.4, 0.5) is 0 Å². The summed E-state index contributed by atoms with van der Waals surface area (Å²) in [6.07, 6.45) is 3.50. The third-order valence-electron chi connectivity index (χ3n) is 6.06. The van der Waals surface area contributed by atoms with E-state index in [1.165, 1.54) is 4.90 Å². The van der Waals surface area contributed by atoms with Crippen molar-refractivity contribution in [2.24, 2.45) is 11.7 Å². The molecule has 0 aliphatic carbocycles. The Kier molecular flexibility index (Phi) is 8.27. The maximum atomic E-state index is 12.7. The minimum atomic E-state index is -1.10. The van der Waals surface area contributed by atoms with E-state index in [0.29, 0.717) is 32.2 Å². The Hall–Kier alpha value is -3.40. The number of aromatic amines is 1. The maximum absolute atomic E-state index is 12.7. The molecule has 1 saturated heterocycles. The quantitative estimate of drug-likeness (QED) is 0.344. The van der Waals surface area contributed by atoms with Crippen molar-refractivity contribution < 1.29 is 24.3 Å². The molecule has 3 amide bonds. The van der Waals surface area contributed by atoms with E-state index in [0.717, 1.165) is 16.5 Å². The lowest BCUT2D eigenvalue weighted by Gasteiger charge is -2.26. The molecule has 1 aliphatic heterocycles. The first-order valence-corrected chi connectivity index (χ1v) is 11.6. The van der Waals surface area contributed by atoms with Crippen molar-refractivity contribution >= 4 is 34.6 Å². The number of carbonyl (C=O) groups is 4. The fourth-order valence-electron chi connectivity index (χ4n) is 4.32. The Labute approximate surface area is 198 Å². The smallest absolute Gasteiger partial charge is 0.326 e. The molecule has 0 saturated carbocycles. The molecule has 1 fully saturated rings. The highest BCUT2D eigenvalue weighted by atomic mass is 16.4. The van der Waals surface area contributed by atoms with Crippen LogP contribution in [0.5, 0.6) is 0 Å². The first-order chi connectivity index (χ1) is 16.2. The standard InChI is InChI=1S/C24H33N5O5/c1-14(2)10-19(24(33)34)28-23(32)20-8-5-9-29(20)21(30)13-27-22(31)17(25)11-15-12-26-18-7-4-3-6-16(15)18/h3-4,6-7,12,14,17,19-20,26H,5,8-11,13,25H2,1-2H3,(H,27,31)(H,28,32)(H,33,34). The van der Waals surface area contributed by atoms with Crippen molar-refractivity contribution in [3.8, 4) is 0 Å². The van der Waals surface area contributed by atoms with Gasteiger partial charge in [-0.2, -0.15) is 0 Å². The van der Waals surface area contributed by atoms with E-state index < -0.39 is 41.8 Å². The van der Waals surface area contributed by atoms with Crippen molar-refractivity contribution in [1.82, 2.24) is 20.5 Å². The molecule has 1 aromatic carbocycles. The molecule has 0 bridgehead atoms. The average Bonchev–Trinajstić information content (AvgIpc) is 3.44. The van der Waals surface area contributed by atoms with E-state index in [1.807, 2.05) is 44.3 Å². The van der Waals surface area contributed by atoms with Crippen molar-refractivity contribution in [1.29, 1.82) is 0 Å². The lowest BCUT2D eigenvalue weighted by atomic mass is 10.0. The molecule has 3 atom stereocenters. The molecule has 2 aromatic rings. The number of hydrogen-bond acceptors (Lipinski definition) is 5. The summed E-state index contributed by atoms with van der Waals surface area (Å²) < 4.78 is 0. The zero-order valence-electron chi connectivity index (χ0n) is 19.5. The van der Waals surface area contributed by atoms with Gasteiger partial charge in [0.25, 0.3) is 0 Å². The number of carboxylic acids is 1. The largest absolute Gasteiger partial charge is 0.480 e. The van der Waals surface area contributed by atoms with Crippen LogP contribution in [0.2, 0.25) is 0 Å². The summed E-state index contributed by atoms with van der Waals surface area (Å²) >= 11 is 0. The van der Waals surface area contributed by atoms with Crippen molar-refractivity contribution in [2.75, 3.05) is 13.1 Å². The predicted molar refractivity (Wildman–Crippen MR) is 127 cm³/mol. The van der Waals surface area contributed by atoms with Crippen LogP contribution in [0, 0.1) is 5.92 Å². The van der Waals surface area contributed by atoms with Gasteiger partial charge in [-0.3, -0.25) is 14.4 Å². The highest BCUT2D eigenvalue weighted by molar-refractivity contribution is 5.93. The van der Waals surface area contributed by atoms with Gasteiger partial charge in [-0.1, -0.05) is 32.0 Å². The number of H-pyrrole nitrogens is 1. The molecule has 10 nitrogen and oxygen atoms in total. The van der Waals surface area contributed by atoms with Gasteiger partial charge in [0.2, 0.25) is 17.7 Å². The lowest BCUT2D eigenvalue weighted by molar-refractivity contribution is -0.144. The summed E-state index contributed by atoms with van der Waals surface area (Å²) in [5.41, 5.74) is 7.93. The van der Waals surface area contributed by atoms with E-state index in [-0.39, 0.29) is 12.5 Å². The number of hydrogen-bond donors (Lipinski definition) is 5. The molecule has 0 spiro atoms. The van der Waals surface area contributed by atoms with E-state index in [2.05, 4.69) is 15.6 Å². The number of aliphatic carboxylic acids is 1. The second-order valence-electron chi connectivity index (χ2n) is 9.16. The second kappa shape index (κ2) is 11.1. The van der Waals surface area contributed by atoms with Gasteiger partial charge in [-0.05, 0) is 43.2 Å². The number of carboxylic acid groups (broad SMARTS) is 1. The molecule has 34 heavy (non-hydrogen) atoms. The van der Waals surface area contributed by atoms with Crippen molar-refractivity contribution in [2.45, 2.75) is 57.7 Å². The SMILES string of the molecule is CC(C)CC(NC(=O)C1CCCN1C(=O)CNC(=O)C(N)Cc1c[nH]c2ccccc12)C(=O)O. The van der Waals surface area contributed by atoms with Gasteiger partial charge in [0.15, 0.2) is 0 Å². The normalized spacial score (nSPS) is 17.5. The first-order valence-electron chi connectivity index (χ1n) is 11.6. The lowest BCUT2D eigenvalue weighted by Crippen LogP contribution is -2.53. The van der Waals surface area contributed by atoms with Gasteiger partial charge in [0, 0.05) is 23.6 Å². The summed E-state index contributed by atoms with van der Waals surface area (Å²) in [6, 6.07) is 5.12. The molecule has 3 rings (SSSR count). The molecule has 0 radical (unpaired) electrons. The molecule has 3 unspecified atom stereocenters. The zero-order chi connectivity index (χ0) is 24.8. The number of benzene rings is 1. The Balaban J connectivity index is 1.53. The third-order valence-corrected chi connectivity index (χ3v) is 6.06. The maximum Gasteiger partial charge on any atom is 0.326 e. The van der Waals surface area contributed by atoms with Gasteiger partial charge in [-0.15, -0.1) is 0 Å². The van der Waals surface area contributed by atoms with Crippen LogP contribution in [-0.4, -0.2) is 69.9 Å². The fraction of sp³-hybridized carbons (Fsp3) is 0.500. The number of fused-ring (bicyclic) bond motifs is 1. The fourth-order valence-corrected chi connectivity index (χ4v) is 4.32. The monoisotopic (exact) mass is 471 g/mol. The van der Waals surface area contributed by atoms with E-state index in [9.17, 15) is 24.3 Å². The Morgan fingerprint density at radius 1 is 1.24 bits per heavy atom. The molecular formula is C24H33N5O5. The molecule has 1 aromatic heterocycles. The molecule has 6 N–H and O–H groups in total. The highest BCUT2D eigenvalue weighted by Crippen LogP contribution is 2.20. The number of amides is 3. The second-order valence-corrected chi connectivity index (χ2v) is 9.16. The average molecular weight is 472 g/mol. The number of carbonyl (C=O) groups excluding carboxylic acids is 3. The number of aromatic nitrogens is 1. The number of nitrogens with one attached hydrogen (secondary N) is 3. The van der Waals surface area contributed by atoms with Crippen LogP contribution in [0.15, 0.2) is 30.5 Å². The molecule has 1 aliphatic rings. The van der Waals surface area contributed by atoms with Crippen LogP contribution in [-0.2, 0) is 25.6 Å². The van der Waals surface area contributed by atoms with Crippen LogP contribution in [0.25, 0.3) is 10.9 Å². The van der Waals surface area contributed by atoms with Crippen molar-refractivity contribution in [3.63, 3.8) is 0 Å². The Morgan fingerprint density at radius 2 is 1.97 bits per heavy atom. The third kappa shape index (κ3) is 6.13. The summed E-state index contributed by atoms with van der Waals surface area (Å²) in [6.45, 7) is 3.84. The topological polar surface area (TPSA) is 158 Å². The van der Waals surface area contributed by atoms with E-state index in [1.54, 1.807) is 0 Å². The van der Waals surface area contributed by atoms with Crippen molar-refractivity contribution in [3.05, 3.63) is 36.0 Å². The highest BCUT2D eigenvalue weighted by Gasteiger charge is 2.36. The van der Waals surface area contributed by atoms with E-state index in [4.69, 9.17) is 5.73 Å². The molecule has 10 heteroatoms. The molecule has 184 valence electrons. The van der Waals surface area contributed by atoms with E-state index >= 15 is 0 Å². The van der Waals surface area contributed by atoms with Crippen LogP contribution < -0.4 is 16.4 Å². The summed E-state index contributed by atoms with van der Waals surface area (Å²) in [4.78, 5) is 54.0. The van der Waals surface area contributed by atoms with Gasteiger partial charge in [-0.25, -0.2) is 4.79 Å². The van der Waals surface area contributed by atoms with Crippen LogP contribution in [0.3, 0.4) is 0 Å². The number of nitrogens with zero attached hydrogens (tertiary/aromatic N) is 1. The van der Waals surface area contributed by atoms with Gasteiger partial charge >= 0.3 is 5.97 Å². The Morgan fingerprint density at radius 3 is 2.68 bits per heavy atom. The molecule has 2 heterocycles. The number of likely N-dealkylation sites (tertiary alicyclic amines) is 1. The Bertz CT molecular complexity index is 1050. The summed E-state index contributed by atoms with van der Waals surface area (Å²) in [7, 11) is 0. The summed E-state index contributed by atoms with van der Waals surface area (Å²) in [5.74, 6) is -2.36. The summed E-state index contributed by atoms with van der Waals surface area (Å²) in [5, 5.41) is 15.5. The minimum Gasteiger partial charge on any atom is -0.480 e. The minimum absolute atomic E-state index is 0.0893. The molecular weight excluding hydrogens is 438 g/mol. The van der Waals surface area contributed by atoms with Crippen LogP contribution >= 0.6 is 0 Å². The van der Waals surface area contributed by atoms with Gasteiger partial charge in [0.05, 0.1) is 12.6 Å². The van der Waals surface area contributed by atoms with Crippen LogP contribution in [0.1, 0.15) is 38.7 Å². The predicted octanol–water partition coefficient (Wildman–Crippen LogP) is 0.760. The first kappa shape index (κ1) is 25.2. The number of para-hydroxylation sites is 1. The van der Waals surface area contributed by atoms with Gasteiger partial charge in [0.1, 0.15) is 12.1 Å². The zero-order valence-corrected chi connectivity index (χ0v) is 19.5.